The van der Waals surface area contributed by atoms with Gasteiger partial charge in [0.1, 0.15) is 28.4 Å². The summed E-state index contributed by atoms with van der Waals surface area (Å²) in [5.41, 5.74) is -3.55. The summed E-state index contributed by atoms with van der Waals surface area (Å²) in [6.07, 6.45) is 5.50. The Balaban J connectivity index is 1.85. The molecule has 3 aliphatic carbocycles. The number of hydrogen-bond acceptors (Lipinski definition) is 7. The second-order valence-electron chi connectivity index (χ2n) is 11.3. The third-order valence-corrected chi connectivity index (χ3v) is 8.01. The number of carbonyl (C=O) groups excluding carboxylic acids is 2. The molecule has 3 N–H and O–H groups in total. The van der Waals surface area contributed by atoms with Gasteiger partial charge in [0.25, 0.3) is 0 Å². The first kappa shape index (κ1) is 23.8. The van der Waals surface area contributed by atoms with Gasteiger partial charge in [0, 0.05) is 29.5 Å². The van der Waals surface area contributed by atoms with Gasteiger partial charge in [-0.05, 0) is 60.5 Å². The normalized spacial score (nSPS) is 33.5. The maximum atomic E-state index is 14.0. The number of ketones is 2. The Morgan fingerprint density at radius 2 is 1.74 bits per heavy atom. The molecule has 1 spiro atoms. The highest BCUT2D eigenvalue weighted by Crippen LogP contribution is 2.69. The van der Waals surface area contributed by atoms with Crippen LogP contribution >= 0.6 is 0 Å². The Hall–Kier alpha value is -2.90. The zero-order valence-electron chi connectivity index (χ0n) is 21.0. The second-order valence-corrected chi connectivity index (χ2v) is 11.3. The molecule has 1 aromatic carbocycles. The van der Waals surface area contributed by atoms with Crippen LogP contribution in [0.1, 0.15) is 70.3 Å². The molecule has 1 unspecified atom stereocenters. The van der Waals surface area contributed by atoms with E-state index in [9.17, 15) is 24.9 Å². The van der Waals surface area contributed by atoms with E-state index in [-0.39, 0.29) is 41.9 Å². The molecule has 4 bridgehead atoms. The number of phenolic OH excluding ortho intramolecular Hbond substituents is 2. The van der Waals surface area contributed by atoms with E-state index in [2.05, 4.69) is 0 Å². The molecule has 7 heteroatoms. The van der Waals surface area contributed by atoms with Crippen LogP contribution in [0.5, 0.6) is 17.2 Å². The summed E-state index contributed by atoms with van der Waals surface area (Å²) in [5, 5.41) is 33.0. The summed E-state index contributed by atoms with van der Waals surface area (Å²) < 4.78 is 13.3. The maximum Gasteiger partial charge on any atom is 0.204 e. The van der Waals surface area contributed by atoms with Gasteiger partial charge < -0.3 is 24.8 Å². The zero-order valence-corrected chi connectivity index (χ0v) is 21.0. The van der Waals surface area contributed by atoms with Gasteiger partial charge >= 0.3 is 0 Å². The molecule has 7 nitrogen and oxygen atoms in total. The number of fused-ring (bicyclic) bond motifs is 1. The number of benzene rings is 1. The first-order valence-corrected chi connectivity index (χ1v) is 12.0. The predicted molar refractivity (Wildman–Crippen MR) is 129 cm³/mol. The minimum absolute atomic E-state index is 0.0512. The number of aromatic hydroxyl groups is 2. The predicted octanol–water partition coefficient (Wildman–Crippen LogP) is 4.08. The highest BCUT2D eigenvalue weighted by atomic mass is 16.6. The van der Waals surface area contributed by atoms with Gasteiger partial charge in [-0.1, -0.05) is 23.3 Å². The van der Waals surface area contributed by atoms with Crippen LogP contribution in [0.4, 0.5) is 0 Å². The number of hydrogen-bond donors (Lipinski definition) is 3. The Bertz CT molecular complexity index is 1270. The largest absolute Gasteiger partial charge is 0.507 e. The minimum atomic E-state index is -1.88. The minimum Gasteiger partial charge on any atom is -0.507 e. The molecular formula is C28H32O7. The monoisotopic (exact) mass is 480 g/mol. The van der Waals surface area contributed by atoms with E-state index in [0.717, 1.165) is 17.2 Å². The first-order chi connectivity index (χ1) is 16.2. The van der Waals surface area contributed by atoms with Gasteiger partial charge in [-0.15, -0.1) is 0 Å². The van der Waals surface area contributed by atoms with Crippen LogP contribution in [0, 0.1) is 5.92 Å². The molecule has 6 rings (SSSR count). The molecule has 35 heavy (non-hydrogen) atoms. The number of carbonyl (C=O) groups is 2. The highest BCUT2D eigenvalue weighted by molar-refractivity contribution is 6.19. The van der Waals surface area contributed by atoms with E-state index >= 15 is 0 Å². The summed E-state index contributed by atoms with van der Waals surface area (Å²) >= 11 is 0. The molecule has 1 aromatic rings. The number of rotatable bonds is 4. The SMILES string of the molecule is CC(C)=CCc1c(O)cc(O)c2c1O[C@@]13C(=C[C@]4(O)CC1C(C)(C)O[C@]3(CC=C(C)C)C4=O)C2=O. The first-order valence-electron chi connectivity index (χ1n) is 12.0. The fraction of sp³-hybridized carbons (Fsp3) is 0.500. The Morgan fingerprint density at radius 3 is 2.37 bits per heavy atom. The lowest BCUT2D eigenvalue weighted by atomic mass is 9.49. The highest BCUT2D eigenvalue weighted by Gasteiger charge is 2.84. The second kappa shape index (κ2) is 7.08. The number of Topliss-reactive ketones (excluding diaryl/α,β-unsaturated/α-hetero) is 2. The number of allylic oxidation sites excluding steroid dienone is 3. The van der Waals surface area contributed by atoms with Crippen molar-refractivity contribution in [2.45, 2.75) is 83.2 Å². The van der Waals surface area contributed by atoms with Crippen LogP contribution in [0.15, 0.2) is 41.0 Å². The smallest absolute Gasteiger partial charge is 0.204 e. The van der Waals surface area contributed by atoms with Crippen molar-refractivity contribution in [2.75, 3.05) is 0 Å². The van der Waals surface area contributed by atoms with Gasteiger partial charge in [-0.2, -0.15) is 0 Å². The van der Waals surface area contributed by atoms with Crippen LogP contribution in [-0.4, -0.2) is 49.3 Å². The van der Waals surface area contributed by atoms with Gasteiger partial charge in [0.2, 0.25) is 5.78 Å². The fourth-order valence-corrected chi connectivity index (χ4v) is 6.48. The molecule has 5 aliphatic rings. The average molecular weight is 481 g/mol. The van der Waals surface area contributed by atoms with Crippen molar-refractivity contribution in [3.63, 3.8) is 0 Å². The number of aliphatic hydroxyl groups is 1. The van der Waals surface area contributed by atoms with Crippen LogP contribution < -0.4 is 4.74 Å². The summed E-state index contributed by atoms with van der Waals surface area (Å²) in [7, 11) is 0. The molecule has 186 valence electrons. The lowest BCUT2D eigenvalue weighted by Gasteiger charge is -2.58. The van der Waals surface area contributed by atoms with Gasteiger partial charge in [0.05, 0.1) is 5.60 Å². The van der Waals surface area contributed by atoms with Crippen molar-refractivity contribution in [2.24, 2.45) is 5.92 Å². The van der Waals surface area contributed by atoms with Crippen molar-refractivity contribution in [3.05, 3.63) is 52.1 Å². The van der Waals surface area contributed by atoms with Crippen molar-refractivity contribution >= 4 is 11.6 Å². The van der Waals surface area contributed by atoms with Crippen molar-refractivity contribution < 1.29 is 34.4 Å². The molecule has 0 aromatic heterocycles. The molecular weight excluding hydrogens is 448 g/mol. The van der Waals surface area contributed by atoms with Crippen molar-refractivity contribution in [1.82, 2.24) is 0 Å². The summed E-state index contributed by atoms with van der Waals surface area (Å²) in [4.78, 5) is 28.0. The lowest BCUT2D eigenvalue weighted by Crippen LogP contribution is -2.76. The molecule has 0 amide bonds. The lowest BCUT2D eigenvalue weighted by molar-refractivity contribution is -0.186. The van der Waals surface area contributed by atoms with Crippen molar-refractivity contribution in [3.8, 4) is 17.2 Å². The van der Waals surface area contributed by atoms with Crippen LogP contribution in [-0.2, 0) is 16.0 Å². The van der Waals surface area contributed by atoms with Gasteiger partial charge in [0.15, 0.2) is 17.0 Å². The van der Waals surface area contributed by atoms with E-state index < -0.39 is 45.6 Å². The zero-order chi connectivity index (χ0) is 25.7. The van der Waals surface area contributed by atoms with Crippen LogP contribution in [0.3, 0.4) is 0 Å². The molecule has 2 fully saturated rings. The van der Waals surface area contributed by atoms with Crippen molar-refractivity contribution in [1.29, 1.82) is 0 Å². The third kappa shape index (κ3) is 2.85. The standard InChI is InChI=1S/C28H32O7/c1-14(2)7-8-16-18(29)11-19(30)21-22(31)17-12-26(33)13-20-25(5,6)35-27(24(26)32,10-9-15(3)4)28(17,20)34-23(16)21/h7,9,11-12,20,29-30,33H,8,10,13H2,1-6H3/t20?,26-,27+,28-/m0/s1. The van der Waals surface area contributed by atoms with E-state index in [1.165, 1.54) is 6.08 Å². The van der Waals surface area contributed by atoms with Gasteiger partial charge in [-0.3, -0.25) is 9.59 Å². The van der Waals surface area contributed by atoms with E-state index in [1.54, 1.807) is 0 Å². The Kier molecular flexibility index (Phi) is 4.82. The van der Waals surface area contributed by atoms with E-state index in [1.807, 2.05) is 53.7 Å². The summed E-state index contributed by atoms with van der Waals surface area (Å²) in [6, 6.07) is 1.14. The number of ether oxygens (including phenoxy) is 2. The maximum absolute atomic E-state index is 14.0. The Labute approximate surface area is 204 Å². The molecule has 1 saturated heterocycles. The molecule has 4 atom stereocenters. The van der Waals surface area contributed by atoms with Crippen LogP contribution in [0.2, 0.25) is 0 Å². The topological polar surface area (TPSA) is 113 Å². The fourth-order valence-electron chi connectivity index (χ4n) is 6.48. The molecule has 2 heterocycles. The number of phenols is 2. The average Bonchev–Trinajstić information content (AvgIpc) is 2.90. The third-order valence-electron chi connectivity index (χ3n) is 8.01. The summed E-state index contributed by atoms with van der Waals surface area (Å²) in [6.45, 7) is 11.3. The Morgan fingerprint density at radius 1 is 1.09 bits per heavy atom. The van der Waals surface area contributed by atoms with Crippen LogP contribution in [0.25, 0.3) is 0 Å². The van der Waals surface area contributed by atoms with E-state index in [0.29, 0.717) is 5.56 Å². The summed E-state index contributed by atoms with van der Waals surface area (Å²) in [5.74, 6) is -2.13. The molecule has 0 radical (unpaired) electrons. The van der Waals surface area contributed by atoms with Gasteiger partial charge in [-0.25, -0.2) is 0 Å². The quantitative estimate of drug-likeness (QED) is 0.557. The van der Waals surface area contributed by atoms with E-state index in [4.69, 9.17) is 9.47 Å². The molecule has 1 saturated carbocycles. The molecule has 2 aliphatic heterocycles.